The van der Waals surface area contributed by atoms with Crippen LogP contribution in [0.3, 0.4) is 0 Å². The van der Waals surface area contributed by atoms with Gasteiger partial charge in [0.25, 0.3) is 0 Å². The van der Waals surface area contributed by atoms with E-state index in [1.54, 1.807) is 0 Å². The van der Waals surface area contributed by atoms with Gasteiger partial charge in [-0.15, -0.1) is 0 Å². The van der Waals surface area contributed by atoms with Crippen LogP contribution in [0, 0.1) is 0 Å². The third-order valence-corrected chi connectivity index (χ3v) is 3.43. The Balaban J connectivity index is 2.03. The summed E-state index contributed by atoms with van der Waals surface area (Å²) in [5.74, 6) is 0. The first-order valence-corrected chi connectivity index (χ1v) is 6.64. The van der Waals surface area contributed by atoms with E-state index in [1.165, 1.54) is 11.4 Å². The molecule has 0 amide bonds. The molecule has 3 nitrogen and oxygen atoms in total. The van der Waals surface area contributed by atoms with Gasteiger partial charge in [0.2, 0.25) is 0 Å². The molecule has 0 aliphatic carbocycles. The Morgan fingerprint density at radius 3 is 2.78 bits per heavy atom. The Kier molecular flexibility index (Phi) is 3.81. The maximum absolute atomic E-state index is 5.75. The molecule has 1 atom stereocenters. The molecule has 18 heavy (non-hydrogen) atoms. The van der Waals surface area contributed by atoms with Crippen molar-refractivity contribution in [2.75, 3.05) is 30.9 Å². The fourth-order valence-electron chi connectivity index (χ4n) is 2.46. The summed E-state index contributed by atoms with van der Waals surface area (Å²) in [5.41, 5.74) is 2.42. The van der Waals surface area contributed by atoms with Gasteiger partial charge in [-0.3, -0.25) is 0 Å². The van der Waals surface area contributed by atoms with Gasteiger partial charge >= 0.3 is 0 Å². The molecular formula is C15H24N2O. The molecule has 3 heteroatoms. The third kappa shape index (κ3) is 3.39. The second-order valence-electron chi connectivity index (χ2n) is 5.89. The predicted octanol–water partition coefficient (Wildman–Crippen LogP) is 3.12. The quantitative estimate of drug-likeness (QED) is 0.889. The van der Waals surface area contributed by atoms with Crippen LogP contribution in [0.4, 0.5) is 11.4 Å². The van der Waals surface area contributed by atoms with Crippen molar-refractivity contribution < 1.29 is 4.74 Å². The van der Waals surface area contributed by atoms with Crippen molar-refractivity contribution in [3.63, 3.8) is 0 Å². The topological polar surface area (TPSA) is 24.5 Å². The van der Waals surface area contributed by atoms with Crippen molar-refractivity contribution in [2.24, 2.45) is 0 Å². The zero-order chi connectivity index (χ0) is 13.2. The molecule has 2 rings (SSSR count). The largest absolute Gasteiger partial charge is 0.382 e. The van der Waals surface area contributed by atoms with Gasteiger partial charge in [0.05, 0.1) is 5.60 Å². The molecule has 1 saturated heterocycles. The molecule has 0 radical (unpaired) electrons. The average Bonchev–Trinajstić information content (AvgIpc) is 2.28. The summed E-state index contributed by atoms with van der Waals surface area (Å²) in [6, 6.07) is 9.06. The minimum Gasteiger partial charge on any atom is -0.382 e. The van der Waals surface area contributed by atoms with Crippen molar-refractivity contribution in [3.05, 3.63) is 24.3 Å². The Labute approximate surface area is 110 Å². The number of benzene rings is 1. The summed E-state index contributed by atoms with van der Waals surface area (Å²) in [7, 11) is 4.13. The average molecular weight is 248 g/mol. The molecule has 1 fully saturated rings. The Morgan fingerprint density at radius 1 is 1.33 bits per heavy atom. The van der Waals surface area contributed by atoms with Gasteiger partial charge in [-0.1, -0.05) is 6.07 Å². The van der Waals surface area contributed by atoms with Crippen molar-refractivity contribution in [3.8, 4) is 0 Å². The van der Waals surface area contributed by atoms with Crippen molar-refractivity contribution in [1.29, 1.82) is 0 Å². The van der Waals surface area contributed by atoms with Crippen molar-refractivity contribution >= 4 is 11.4 Å². The molecule has 1 aliphatic heterocycles. The van der Waals surface area contributed by atoms with Crippen LogP contribution in [0.5, 0.6) is 0 Å². The third-order valence-electron chi connectivity index (χ3n) is 3.43. The number of nitrogens with zero attached hydrogens (tertiary/aromatic N) is 1. The van der Waals surface area contributed by atoms with Gasteiger partial charge in [0, 0.05) is 38.1 Å². The molecular weight excluding hydrogens is 224 g/mol. The monoisotopic (exact) mass is 248 g/mol. The van der Waals surface area contributed by atoms with Gasteiger partial charge in [0.15, 0.2) is 0 Å². The summed E-state index contributed by atoms with van der Waals surface area (Å²) < 4.78 is 5.75. The number of hydrogen-bond acceptors (Lipinski definition) is 3. The summed E-state index contributed by atoms with van der Waals surface area (Å²) >= 11 is 0. The smallest absolute Gasteiger partial charge is 0.0646 e. The van der Waals surface area contributed by atoms with E-state index in [0.717, 1.165) is 19.4 Å². The Bertz CT molecular complexity index is 401. The summed E-state index contributed by atoms with van der Waals surface area (Å²) in [4.78, 5) is 2.12. The van der Waals surface area contributed by atoms with Gasteiger partial charge in [-0.05, 0) is 44.9 Å². The fraction of sp³-hybridized carbons (Fsp3) is 0.600. The molecule has 100 valence electrons. The van der Waals surface area contributed by atoms with Crippen LogP contribution in [-0.4, -0.2) is 32.3 Å². The molecule has 1 N–H and O–H groups in total. The van der Waals surface area contributed by atoms with Crippen molar-refractivity contribution in [1.82, 2.24) is 0 Å². The molecule has 0 aromatic heterocycles. The summed E-state index contributed by atoms with van der Waals surface area (Å²) in [5, 5.41) is 3.63. The van der Waals surface area contributed by atoms with Crippen LogP contribution in [0.2, 0.25) is 0 Å². The van der Waals surface area contributed by atoms with Crippen LogP contribution in [0.1, 0.15) is 26.7 Å². The molecule has 1 aromatic carbocycles. The van der Waals surface area contributed by atoms with E-state index < -0.39 is 0 Å². The zero-order valence-electron chi connectivity index (χ0n) is 11.9. The number of anilines is 2. The molecule has 0 bridgehead atoms. The second-order valence-corrected chi connectivity index (χ2v) is 5.89. The zero-order valence-corrected chi connectivity index (χ0v) is 11.9. The molecule has 0 saturated carbocycles. The lowest BCUT2D eigenvalue weighted by Crippen LogP contribution is -2.40. The van der Waals surface area contributed by atoms with Crippen LogP contribution in [0.25, 0.3) is 0 Å². The SMILES string of the molecule is CN(C)c1cccc(NC2CCOC(C)(C)C2)c1. The van der Waals surface area contributed by atoms with Gasteiger partial charge < -0.3 is 15.0 Å². The number of nitrogens with one attached hydrogen (secondary N) is 1. The second kappa shape index (κ2) is 5.19. The fourth-order valence-corrected chi connectivity index (χ4v) is 2.46. The highest BCUT2D eigenvalue weighted by Crippen LogP contribution is 2.27. The van der Waals surface area contributed by atoms with Gasteiger partial charge in [-0.2, -0.15) is 0 Å². The minimum absolute atomic E-state index is 0.00489. The lowest BCUT2D eigenvalue weighted by molar-refractivity contribution is -0.0553. The first-order valence-electron chi connectivity index (χ1n) is 6.64. The van der Waals surface area contributed by atoms with Gasteiger partial charge in [0.1, 0.15) is 0 Å². The van der Waals surface area contributed by atoms with Gasteiger partial charge in [-0.25, -0.2) is 0 Å². The normalized spacial score (nSPS) is 22.6. The Morgan fingerprint density at radius 2 is 2.11 bits per heavy atom. The molecule has 1 aromatic rings. The molecule has 0 spiro atoms. The highest BCUT2D eigenvalue weighted by Gasteiger charge is 2.28. The molecule has 1 unspecified atom stereocenters. The van der Waals surface area contributed by atoms with E-state index in [0.29, 0.717) is 6.04 Å². The van der Waals surface area contributed by atoms with Crippen LogP contribution >= 0.6 is 0 Å². The van der Waals surface area contributed by atoms with Crippen LogP contribution < -0.4 is 10.2 Å². The predicted molar refractivity (Wildman–Crippen MR) is 77.4 cm³/mol. The minimum atomic E-state index is -0.00489. The van der Waals surface area contributed by atoms with E-state index >= 15 is 0 Å². The van der Waals surface area contributed by atoms with E-state index in [1.807, 2.05) is 0 Å². The maximum Gasteiger partial charge on any atom is 0.0646 e. The summed E-state index contributed by atoms with van der Waals surface area (Å²) in [6.45, 7) is 5.17. The number of hydrogen-bond donors (Lipinski definition) is 1. The molecule has 1 heterocycles. The van der Waals surface area contributed by atoms with E-state index in [-0.39, 0.29) is 5.60 Å². The lowest BCUT2D eigenvalue weighted by atomic mass is 9.94. The van der Waals surface area contributed by atoms with E-state index in [9.17, 15) is 0 Å². The van der Waals surface area contributed by atoms with Crippen LogP contribution in [-0.2, 0) is 4.74 Å². The first-order chi connectivity index (χ1) is 8.46. The Hall–Kier alpha value is -1.22. The van der Waals surface area contributed by atoms with E-state index in [2.05, 4.69) is 62.4 Å². The van der Waals surface area contributed by atoms with E-state index in [4.69, 9.17) is 4.74 Å². The summed E-state index contributed by atoms with van der Waals surface area (Å²) in [6.07, 6.45) is 2.13. The standard InChI is InChI=1S/C15H24N2O/c1-15(2)11-13(8-9-18-15)16-12-6-5-7-14(10-12)17(3)4/h5-7,10,13,16H,8-9,11H2,1-4H3. The number of rotatable bonds is 3. The lowest BCUT2D eigenvalue weighted by Gasteiger charge is -2.36. The number of ether oxygens (including phenoxy) is 1. The van der Waals surface area contributed by atoms with Crippen molar-refractivity contribution in [2.45, 2.75) is 38.3 Å². The maximum atomic E-state index is 5.75. The molecule has 1 aliphatic rings. The first kappa shape index (κ1) is 13.2. The highest BCUT2D eigenvalue weighted by atomic mass is 16.5. The highest BCUT2D eigenvalue weighted by molar-refractivity contribution is 5.57. The van der Waals surface area contributed by atoms with Crippen LogP contribution in [0.15, 0.2) is 24.3 Å².